The van der Waals surface area contributed by atoms with Crippen LogP contribution in [0.3, 0.4) is 0 Å². The highest BCUT2D eigenvalue weighted by Crippen LogP contribution is 2.45. The lowest BCUT2D eigenvalue weighted by atomic mass is 9.73. The first-order valence-corrected chi connectivity index (χ1v) is 11.4. The van der Waals surface area contributed by atoms with Crippen molar-refractivity contribution in [3.05, 3.63) is 0 Å². The summed E-state index contributed by atoms with van der Waals surface area (Å²) in [4.78, 5) is 12.9. The molecule has 0 aromatic heterocycles. The molecule has 33 heavy (non-hydrogen) atoms. The molecule has 0 bridgehead atoms. The second-order valence-corrected chi connectivity index (χ2v) is 10.8. The standard InChI is InChI=1S/C23H38F6O4/c1-14(2)12-20(7,15(3)4)18(30)33-17-10-8-16(9-11-17)19(5,6)32-13-21(31,22(24,25)26)23(27,28)29/h14-17,31H,8-13H2,1-7H3. The predicted molar refractivity (Wildman–Crippen MR) is 111 cm³/mol. The van der Waals surface area contributed by atoms with Gasteiger partial charge in [0.2, 0.25) is 0 Å². The van der Waals surface area contributed by atoms with Gasteiger partial charge in [-0.25, -0.2) is 0 Å². The topological polar surface area (TPSA) is 55.8 Å². The Morgan fingerprint density at radius 1 is 0.909 bits per heavy atom. The highest BCUT2D eigenvalue weighted by Gasteiger charge is 2.71. The zero-order chi connectivity index (χ0) is 26.0. The van der Waals surface area contributed by atoms with Crippen LogP contribution in [0.15, 0.2) is 0 Å². The maximum atomic E-state index is 12.9. The van der Waals surface area contributed by atoms with Gasteiger partial charge < -0.3 is 14.6 Å². The van der Waals surface area contributed by atoms with Crippen molar-refractivity contribution in [1.82, 2.24) is 0 Å². The predicted octanol–water partition coefficient (Wildman–Crippen LogP) is 6.45. The molecule has 0 radical (unpaired) electrons. The number of alkyl halides is 6. The van der Waals surface area contributed by atoms with Gasteiger partial charge in [-0.3, -0.25) is 4.79 Å². The number of halogens is 6. The van der Waals surface area contributed by atoms with Crippen molar-refractivity contribution in [3.63, 3.8) is 0 Å². The highest BCUT2D eigenvalue weighted by molar-refractivity contribution is 5.77. The van der Waals surface area contributed by atoms with E-state index in [1.165, 1.54) is 13.8 Å². The molecule has 0 amide bonds. The molecule has 0 aromatic rings. The number of carbonyl (C=O) groups excluding carboxylic acids is 1. The molecule has 1 atom stereocenters. The number of aliphatic hydroxyl groups is 1. The molecule has 1 rings (SSSR count). The van der Waals surface area contributed by atoms with E-state index in [2.05, 4.69) is 0 Å². The molecule has 1 aliphatic carbocycles. The molecule has 1 N–H and O–H groups in total. The zero-order valence-electron chi connectivity index (χ0n) is 20.5. The maximum absolute atomic E-state index is 12.9. The maximum Gasteiger partial charge on any atom is 0.428 e. The van der Waals surface area contributed by atoms with Crippen LogP contribution < -0.4 is 0 Å². The summed E-state index contributed by atoms with van der Waals surface area (Å²) in [5.74, 6) is -0.279. The smallest absolute Gasteiger partial charge is 0.428 e. The molecule has 196 valence electrons. The SMILES string of the molecule is CC(C)CC(C)(C(=O)OC1CCC(C(C)(C)OCC(O)(C(F)(F)F)C(F)(F)F)CC1)C(C)C. The average Bonchev–Trinajstić information content (AvgIpc) is 2.63. The third-order valence-electron chi connectivity index (χ3n) is 7.09. The second kappa shape index (κ2) is 10.3. The Balaban J connectivity index is 2.77. The molecule has 1 fully saturated rings. The number of rotatable bonds is 9. The third kappa shape index (κ3) is 6.99. The van der Waals surface area contributed by atoms with E-state index in [0.717, 1.165) is 0 Å². The second-order valence-electron chi connectivity index (χ2n) is 10.8. The Bertz CT molecular complexity index is 634. The molecule has 0 spiro atoms. The number of hydrogen-bond acceptors (Lipinski definition) is 4. The number of hydrogen-bond donors (Lipinski definition) is 1. The van der Waals surface area contributed by atoms with Crippen molar-refractivity contribution in [3.8, 4) is 0 Å². The van der Waals surface area contributed by atoms with E-state index in [4.69, 9.17) is 9.47 Å². The Kier molecular flexibility index (Phi) is 9.36. The first-order chi connectivity index (χ1) is 14.7. The van der Waals surface area contributed by atoms with Crippen LogP contribution in [0.5, 0.6) is 0 Å². The van der Waals surface area contributed by atoms with E-state index in [1.54, 1.807) is 0 Å². The van der Waals surface area contributed by atoms with E-state index < -0.39 is 35.6 Å². The minimum absolute atomic E-state index is 0.0667. The van der Waals surface area contributed by atoms with Crippen molar-refractivity contribution in [1.29, 1.82) is 0 Å². The quantitative estimate of drug-likeness (QED) is 0.297. The van der Waals surface area contributed by atoms with Gasteiger partial charge >= 0.3 is 18.3 Å². The normalized spacial score (nSPS) is 23.0. The van der Waals surface area contributed by atoms with E-state index in [9.17, 15) is 36.2 Å². The van der Waals surface area contributed by atoms with Crippen LogP contribution >= 0.6 is 0 Å². The van der Waals surface area contributed by atoms with E-state index in [-0.39, 0.29) is 23.9 Å². The van der Waals surface area contributed by atoms with Crippen LogP contribution in [0.4, 0.5) is 26.3 Å². The van der Waals surface area contributed by atoms with Gasteiger partial charge in [0.15, 0.2) is 0 Å². The molecular weight excluding hydrogens is 454 g/mol. The van der Waals surface area contributed by atoms with Crippen molar-refractivity contribution < 1.29 is 45.7 Å². The van der Waals surface area contributed by atoms with E-state index in [1.807, 2.05) is 34.6 Å². The summed E-state index contributed by atoms with van der Waals surface area (Å²) in [7, 11) is 0. The Labute approximate surface area is 192 Å². The first kappa shape index (κ1) is 30.0. The van der Waals surface area contributed by atoms with Gasteiger partial charge in [-0.2, -0.15) is 26.3 Å². The number of carbonyl (C=O) groups is 1. The van der Waals surface area contributed by atoms with E-state index in [0.29, 0.717) is 38.0 Å². The minimum Gasteiger partial charge on any atom is -0.462 e. The van der Waals surface area contributed by atoms with Crippen LogP contribution in [0.1, 0.15) is 80.6 Å². The van der Waals surface area contributed by atoms with E-state index >= 15 is 0 Å². The fourth-order valence-corrected chi connectivity index (χ4v) is 4.30. The number of ether oxygens (including phenoxy) is 2. The first-order valence-electron chi connectivity index (χ1n) is 11.4. The number of esters is 1. The molecule has 4 nitrogen and oxygen atoms in total. The molecule has 10 heteroatoms. The van der Waals surface area contributed by atoms with Crippen molar-refractivity contribution in [2.75, 3.05) is 6.61 Å². The Morgan fingerprint density at radius 3 is 1.73 bits per heavy atom. The van der Waals surface area contributed by atoms with Crippen molar-refractivity contribution in [2.24, 2.45) is 23.2 Å². The van der Waals surface area contributed by atoms with Crippen LogP contribution in [-0.2, 0) is 14.3 Å². The summed E-state index contributed by atoms with van der Waals surface area (Å²) in [5.41, 5.74) is -6.93. The van der Waals surface area contributed by atoms with Crippen molar-refractivity contribution in [2.45, 2.75) is 110 Å². The van der Waals surface area contributed by atoms with Crippen LogP contribution in [0.25, 0.3) is 0 Å². The van der Waals surface area contributed by atoms with Gasteiger partial charge in [-0.15, -0.1) is 0 Å². The molecule has 0 saturated heterocycles. The van der Waals surface area contributed by atoms with Gasteiger partial charge in [0.05, 0.1) is 17.6 Å². The summed E-state index contributed by atoms with van der Waals surface area (Å²) in [6.07, 6.45) is -9.87. The van der Waals surface area contributed by atoms with Gasteiger partial charge in [0.25, 0.3) is 5.60 Å². The Hall–Kier alpha value is -1.03. The fourth-order valence-electron chi connectivity index (χ4n) is 4.30. The zero-order valence-corrected chi connectivity index (χ0v) is 20.5. The summed E-state index contributed by atoms with van der Waals surface area (Å²) in [6.45, 7) is 10.7. The summed E-state index contributed by atoms with van der Waals surface area (Å²) < 4.78 is 88.3. The van der Waals surface area contributed by atoms with Crippen LogP contribution in [0, 0.1) is 23.2 Å². The molecular formula is C23H38F6O4. The summed E-state index contributed by atoms with van der Waals surface area (Å²) in [5, 5.41) is 9.34. The van der Waals surface area contributed by atoms with Crippen LogP contribution in [0.2, 0.25) is 0 Å². The molecule has 1 unspecified atom stereocenters. The highest BCUT2D eigenvalue weighted by atomic mass is 19.4. The lowest BCUT2D eigenvalue weighted by molar-refractivity contribution is -0.383. The molecule has 1 saturated carbocycles. The average molecular weight is 493 g/mol. The third-order valence-corrected chi connectivity index (χ3v) is 7.09. The molecule has 0 heterocycles. The largest absolute Gasteiger partial charge is 0.462 e. The monoisotopic (exact) mass is 492 g/mol. The molecule has 1 aliphatic rings. The van der Waals surface area contributed by atoms with Gasteiger partial charge in [-0.1, -0.05) is 27.7 Å². The minimum atomic E-state index is -5.92. The van der Waals surface area contributed by atoms with Gasteiger partial charge in [0.1, 0.15) is 6.10 Å². The summed E-state index contributed by atoms with van der Waals surface area (Å²) in [6, 6.07) is 0. The Morgan fingerprint density at radius 2 is 1.36 bits per heavy atom. The molecule has 0 aliphatic heterocycles. The van der Waals surface area contributed by atoms with Gasteiger partial charge in [-0.05, 0) is 70.6 Å². The lowest BCUT2D eigenvalue weighted by Gasteiger charge is -2.42. The van der Waals surface area contributed by atoms with Crippen LogP contribution in [-0.4, -0.2) is 47.3 Å². The van der Waals surface area contributed by atoms with Gasteiger partial charge in [0, 0.05) is 0 Å². The molecule has 0 aromatic carbocycles. The summed E-state index contributed by atoms with van der Waals surface area (Å²) >= 11 is 0. The lowest BCUT2D eigenvalue weighted by Crippen LogP contribution is -2.61. The van der Waals surface area contributed by atoms with Crippen molar-refractivity contribution >= 4 is 5.97 Å². The fraction of sp³-hybridized carbons (Fsp3) is 0.957.